The number of carbonyl (C=O) groups is 1. The molecular weight excluding hydrogens is 343 g/mol. The molecule has 0 aromatic heterocycles. The number of hydrogen-bond donors (Lipinski definition) is 1. The Morgan fingerprint density at radius 3 is 2.67 bits per heavy atom. The molecule has 2 aromatic rings. The SMILES string of the molecule is COc1ccc(Br)cc1COc1ccc(C(=O)O)c(F)c1. The first-order valence-corrected chi connectivity index (χ1v) is 6.78. The van der Waals surface area contributed by atoms with E-state index in [1.165, 1.54) is 12.1 Å². The molecule has 0 fully saturated rings. The molecule has 0 unspecified atom stereocenters. The number of ether oxygens (including phenoxy) is 2. The summed E-state index contributed by atoms with van der Waals surface area (Å²) in [6, 6.07) is 9.09. The van der Waals surface area contributed by atoms with Crippen molar-refractivity contribution < 1.29 is 23.8 Å². The molecule has 0 aliphatic rings. The van der Waals surface area contributed by atoms with Crippen LogP contribution in [0.2, 0.25) is 0 Å². The van der Waals surface area contributed by atoms with Gasteiger partial charge < -0.3 is 14.6 Å². The van der Waals surface area contributed by atoms with Gasteiger partial charge in [0, 0.05) is 16.1 Å². The van der Waals surface area contributed by atoms with Crippen molar-refractivity contribution in [3.63, 3.8) is 0 Å². The zero-order valence-corrected chi connectivity index (χ0v) is 12.7. The Hall–Kier alpha value is -2.08. The third-order valence-electron chi connectivity index (χ3n) is 2.81. The summed E-state index contributed by atoms with van der Waals surface area (Å²) in [6.45, 7) is 0.175. The average Bonchev–Trinajstić information content (AvgIpc) is 2.45. The van der Waals surface area contributed by atoms with Crippen LogP contribution in [0.4, 0.5) is 4.39 Å². The molecule has 110 valence electrons. The first-order chi connectivity index (χ1) is 10.0. The molecule has 2 aromatic carbocycles. The highest BCUT2D eigenvalue weighted by atomic mass is 79.9. The van der Waals surface area contributed by atoms with Crippen molar-refractivity contribution >= 4 is 21.9 Å². The zero-order valence-electron chi connectivity index (χ0n) is 11.1. The largest absolute Gasteiger partial charge is 0.496 e. The van der Waals surface area contributed by atoms with E-state index in [1.807, 2.05) is 12.1 Å². The van der Waals surface area contributed by atoms with Crippen LogP contribution < -0.4 is 9.47 Å². The maximum atomic E-state index is 13.5. The third-order valence-corrected chi connectivity index (χ3v) is 3.30. The quantitative estimate of drug-likeness (QED) is 0.885. The predicted molar refractivity (Wildman–Crippen MR) is 78.4 cm³/mol. The molecule has 6 heteroatoms. The first-order valence-electron chi connectivity index (χ1n) is 5.99. The molecule has 0 saturated carbocycles. The monoisotopic (exact) mass is 354 g/mol. The molecule has 0 saturated heterocycles. The lowest BCUT2D eigenvalue weighted by Crippen LogP contribution is -2.02. The fraction of sp³-hybridized carbons (Fsp3) is 0.133. The Morgan fingerprint density at radius 2 is 2.05 bits per heavy atom. The summed E-state index contributed by atoms with van der Waals surface area (Å²) >= 11 is 3.35. The lowest BCUT2D eigenvalue weighted by molar-refractivity contribution is 0.0692. The first kappa shape index (κ1) is 15.3. The van der Waals surface area contributed by atoms with Crippen LogP contribution in [-0.4, -0.2) is 18.2 Å². The summed E-state index contributed by atoms with van der Waals surface area (Å²) in [5.41, 5.74) is 0.400. The highest BCUT2D eigenvalue weighted by Gasteiger charge is 2.11. The standard InChI is InChI=1S/C15H12BrFO4/c1-20-14-5-2-10(16)6-9(14)8-21-11-3-4-12(15(18)19)13(17)7-11/h2-7H,8H2,1H3,(H,18,19). The summed E-state index contributed by atoms with van der Waals surface area (Å²) in [7, 11) is 1.55. The van der Waals surface area contributed by atoms with Gasteiger partial charge in [0.1, 0.15) is 23.9 Å². The van der Waals surface area contributed by atoms with Crippen LogP contribution in [0.15, 0.2) is 40.9 Å². The van der Waals surface area contributed by atoms with Crippen molar-refractivity contribution in [3.8, 4) is 11.5 Å². The second-order valence-corrected chi connectivity index (χ2v) is 5.11. The Labute approximate surface area is 129 Å². The van der Waals surface area contributed by atoms with E-state index in [1.54, 1.807) is 13.2 Å². The number of hydrogen-bond acceptors (Lipinski definition) is 3. The molecule has 0 atom stereocenters. The number of carboxylic acid groups (broad SMARTS) is 1. The number of rotatable bonds is 5. The molecule has 1 N–H and O–H groups in total. The average molecular weight is 355 g/mol. The third kappa shape index (κ3) is 3.72. The van der Waals surface area contributed by atoms with Gasteiger partial charge in [-0.1, -0.05) is 15.9 Å². The topological polar surface area (TPSA) is 55.8 Å². The van der Waals surface area contributed by atoms with Crippen LogP contribution in [0.25, 0.3) is 0 Å². The van der Waals surface area contributed by atoms with E-state index >= 15 is 0 Å². The van der Waals surface area contributed by atoms with Gasteiger partial charge in [-0.05, 0) is 30.3 Å². The van der Waals surface area contributed by atoms with E-state index in [-0.39, 0.29) is 17.9 Å². The minimum Gasteiger partial charge on any atom is -0.496 e. The van der Waals surface area contributed by atoms with Crippen LogP contribution >= 0.6 is 15.9 Å². The van der Waals surface area contributed by atoms with Crippen LogP contribution in [0.5, 0.6) is 11.5 Å². The van der Waals surface area contributed by atoms with Gasteiger partial charge in [0.2, 0.25) is 0 Å². The molecule has 2 rings (SSSR count). The van der Waals surface area contributed by atoms with E-state index in [2.05, 4.69) is 15.9 Å². The van der Waals surface area contributed by atoms with Crippen molar-refractivity contribution in [2.24, 2.45) is 0 Å². The van der Waals surface area contributed by atoms with Gasteiger partial charge in [0.25, 0.3) is 0 Å². The van der Waals surface area contributed by atoms with Crippen LogP contribution in [0.3, 0.4) is 0 Å². The second-order valence-electron chi connectivity index (χ2n) is 4.19. The van der Waals surface area contributed by atoms with E-state index in [0.717, 1.165) is 16.1 Å². The summed E-state index contributed by atoms with van der Waals surface area (Å²) in [5.74, 6) is -1.24. The minimum atomic E-state index is -1.31. The van der Waals surface area contributed by atoms with Gasteiger partial charge in [-0.25, -0.2) is 9.18 Å². The predicted octanol–water partition coefficient (Wildman–Crippen LogP) is 3.87. The van der Waals surface area contributed by atoms with Crippen LogP contribution in [0, 0.1) is 5.82 Å². The lowest BCUT2D eigenvalue weighted by Gasteiger charge is -2.11. The van der Waals surface area contributed by atoms with E-state index < -0.39 is 11.8 Å². The maximum absolute atomic E-state index is 13.5. The number of halogens is 2. The van der Waals surface area contributed by atoms with Crippen LogP contribution in [0.1, 0.15) is 15.9 Å². The zero-order chi connectivity index (χ0) is 15.4. The summed E-state index contributed by atoms with van der Waals surface area (Å²) in [4.78, 5) is 10.7. The molecule has 0 aliphatic carbocycles. The van der Waals surface area contributed by atoms with Gasteiger partial charge in [0.05, 0.1) is 12.7 Å². The Morgan fingerprint density at radius 1 is 1.29 bits per heavy atom. The smallest absolute Gasteiger partial charge is 0.338 e. The van der Waals surface area contributed by atoms with E-state index in [9.17, 15) is 9.18 Å². The van der Waals surface area contributed by atoms with Crippen molar-refractivity contribution in [2.45, 2.75) is 6.61 Å². The normalized spacial score (nSPS) is 10.2. The molecule has 4 nitrogen and oxygen atoms in total. The molecule has 0 spiro atoms. The Kier molecular flexibility index (Phi) is 4.80. The lowest BCUT2D eigenvalue weighted by atomic mass is 10.2. The number of methoxy groups -OCH3 is 1. The fourth-order valence-corrected chi connectivity index (χ4v) is 2.19. The maximum Gasteiger partial charge on any atom is 0.338 e. The number of aromatic carboxylic acids is 1. The molecule has 0 aliphatic heterocycles. The molecule has 0 heterocycles. The van der Waals surface area contributed by atoms with E-state index in [0.29, 0.717) is 5.75 Å². The van der Waals surface area contributed by atoms with Crippen molar-refractivity contribution in [1.82, 2.24) is 0 Å². The van der Waals surface area contributed by atoms with Gasteiger partial charge in [0.15, 0.2) is 0 Å². The summed E-state index contributed by atoms with van der Waals surface area (Å²) in [6.07, 6.45) is 0. The van der Waals surface area contributed by atoms with Gasteiger partial charge in [-0.15, -0.1) is 0 Å². The molecule has 0 bridgehead atoms. The van der Waals surface area contributed by atoms with Gasteiger partial charge in [-0.3, -0.25) is 0 Å². The van der Waals surface area contributed by atoms with E-state index in [4.69, 9.17) is 14.6 Å². The highest BCUT2D eigenvalue weighted by Crippen LogP contribution is 2.25. The Balaban J connectivity index is 2.15. The fourth-order valence-electron chi connectivity index (χ4n) is 1.78. The Bertz CT molecular complexity index is 673. The van der Waals surface area contributed by atoms with Crippen molar-refractivity contribution in [2.75, 3.05) is 7.11 Å². The van der Waals surface area contributed by atoms with Crippen molar-refractivity contribution in [1.29, 1.82) is 0 Å². The minimum absolute atomic E-state index is 0.175. The van der Waals surface area contributed by atoms with Gasteiger partial charge in [-0.2, -0.15) is 0 Å². The van der Waals surface area contributed by atoms with Crippen LogP contribution in [-0.2, 0) is 6.61 Å². The molecule has 21 heavy (non-hydrogen) atoms. The van der Waals surface area contributed by atoms with Gasteiger partial charge >= 0.3 is 5.97 Å². The highest BCUT2D eigenvalue weighted by molar-refractivity contribution is 9.10. The number of benzene rings is 2. The molecular formula is C15H12BrFO4. The second kappa shape index (κ2) is 6.58. The summed E-state index contributed by atoms with van der Waals surface area (Å²) in [5, 5.41) is 8.76. The summed E-state index contributed by atoms with van der Waals surface area (Å²) < 4.78 is 25.1. The number of carboxylic acids is 1. The van der Waals surface area contributed by atoms with Crippen molar-refractivity contribution in [3.05, 3.63) is 57.8 Å². The molecule has 0 amide bonds. The molecule has 0 radical (unpaired) electrons.